The van der Waals surface area contributed by atoms with Gasteiger partial charge in [0.2, 0.25) is 0 Å². The number of carbonyl (C=O) groups excluding carboxylic acids is 1. The summed E-state index contributed by atoms with van der Waals surface area (Å²) in [6, 6.07) is 28.0. The number of hydrazine groups is 1. The molecule has 27 heavy (non-hydrogen) atoms. The minimum absolute atomic E-state index is 0.0311. The Labute approximate surface area is 158 Å². The number of carbonyl (C=O) groups is 1. The summed E-state index contributed by atoms with van der Waals surface area (Å²) in [5.41, 5.74) is 7.92. The molecule has 1 fully saturated rings. The zero-order valence-corrected chi connectivity index (χ0v) is 14.8. The van der Waals surface area contributed by atoms with E-state index in [1.54, 1.807) is 0 Å². The second-order valence-electron chi connectivity index (χ2n) is 7.02. The highest BCUT2D eigenvalue weighted by atomic mass is 16.6. The SMILES string of the molecule is O=C1O[C@H]2Cc3ccccc3[C@H]2[C@@H]1NN(c1ccccc1)c1ccccc1. The lowest BCUT2D eigenvalue weighted by Crippen LogP contribution is -2.47. The van der Waals surface area contributed by atoms with Crippen LogP contribution in [0.1, 0.15) is 17.0 Å². The van der Waals surface area contributed by atoms with Crippen molar-refractivity contribution >= 4 is 17.3 Å². The standard InChI is InChI=1S/C23H20N2O2/c26-23-22(21-19-14-8-7-9-16(19)15-20(21)27-23)24-25(17-10-3-1-4-11-17)18-12-5-2-6-13-18/h1-14,20-22,24H,15H2/t20-,21+,22-/m0/s1. The summed E-state index contributed by atoms with van der Waals surface area (Å²) in [7, 11) is 0. The molecule has 1 aliphatic heterocycles. The maximum Gasteiger partial charge on any atom is 0.326 e. The van der Waals surface area contributed by atoms with Crippen LogP contribution in [0.2, 0.25) is 0 Å². The third kappa shape index (κ3) is 2.78. The van der Waals surface area contributed by atoms with Gasteiger partial charge in [-0.1, -0.05) is 60.7 Å². The van der Waals surface area contributed by atoms with Gasteiger partial charge < -0.3 is 4.74 Å². The van der Waals surface area contributed by atoms with Crippen molar-refractivity contribution in [3.8, 4) is 0 Å². The van der Waals surface area contributed by atoms with E-state index in [9.17, 15) is 4.79 Å². The number of ether oxygens (including phenoxy) is 1. The van der Waals surface area contributed by atoms with Gasteiger partial charge in [-0.05, 0) is 35.4 Å². The van der Waals surface area contributed by atoms with E-state index in [0.29, 0.717) is 0 Å². The number of nitrogens with zero attached hydrogens (tertiary/aromatic N) is 1. The fourth-order valence-corrected chi connectivity index (χ4v) is 4.19. The first-order chi connectivity index (χ1) is 13.3. The minimum Gasteiger partial charge on any atom is -0.460 e. The summed E-state index contributed by atoms with van der Waals surface area (Å²) in [6.45, 7) is 0. The van der Waals surface area contributed by atoms with E-state index >= 15 is 0 Å². The molecule has 1 aliphatic carbocycles. The monoisotopic (exact) mass is 356 g/mol. The molecule has 1 heterocycles. The number of esters is 1. The van der Waals surface area contributed by atoms with Crippen molar-refractivity contribution in [3.63, 3.8) is 0 Å². The third-order valence-corrected chi connectivity index (χ3v) is 5.41. The third-order valence-electron chi connectivity index (χ3n) is 5.41. The van der Waals surface area contributed by atoms with Gasteiger partial charge in [-0.3, -0.25) is 9.80 Å². The van der Waals surface area contributed by atoms with Gasteiger partial charge in [-0.2, -0.15) is 0 Å². The summed E-state index contributed by atoms with van der Waals surface area (Å²) in [6.07, 6.45) is 0.710. The maximum absolute atomic E-state index is 12.7. The lowest BCUT2D eigenvalue weighted by molar-refractivity contribution is -0.142. The molecular weight excluding hydrogens is 336 g/mol. The Morgan fingerprint density at radius 2 is 1.41 bits per heavy atom. The molecule has 1 saturated heterocycles. The topological polar surface area (TPSA) is 41.6 Å². The Kier molecular flexibility index (Phi) is 3.91. The molecule has 5 rings (SSSR count). The molecule has 0 amide bonds. The molecule has 0 spiro atoms. The highest BCUT2D eigenvalue weighted by Gasteiger charge is 2.50. The van der Waals surface area contributed by atoms with Crippen LogP contribution >= 0.6 is 0 Å². The highest BCUT2D eigenvalue weighted by Crippen LogP contribution is 2.42. The van der Waals surface area contributed by atoms with Gasteiger partial charge in [0.1, 0.15) is 12.1 Å². The number of anilines is 2. The zero-order chi connectivity index (χ0) is 18.2. The van der Waals surface area contributed by atoms with Gasteiger partial charge in [-0.15, -0.1) is 0 Å². The van der Waals surface area contributed by atoms with E-state index in [-0.39, 0.29) is 18.0 Å². The number of benzene rings is 3. The summed E-state index contributed by atoms with van der Waals surface area (Å²) >= 11 is 0. The number of fused-ring (bicyclic) bond motifs is 3. The smallest absolute Gasteiger partial charge is 0.326 e. The summed E-state index contributed by atoms with van der Waals surface area (Å²) in [5.74, 6) is -0.153. The Morgan fingerprint density at radius 3 is 2.07 bits per heavy atom. The quantitative estimate of drug-likeness (QED) is 0.567. The average Bonchev–Trinajstić information content (AvgIpc) is 3.22. The molecule has 3 aromatic rings. The molecule has 0 bridgehead atoms. The Balaban J connectivity index is 1.52. The molecule has 3 atom stereocenters. The second-order valence-corrected chi connectivity index (χ2v) is 7.02. The van der Waals surface area contributed by atoms with E-state index in [0.717, 1.165) is 17.8 Å². The van der Waals surface area contributed by atoms with E-state index in [1.807, 2.05) is 77.8 Å². The van der Waals surface area contributed by atoms with Crippen LogP contribution in [0.5, 0.6) is 0 Å². The fourth-order valence-electron chi connectivity index (χ4n) is 4.19. The van der Waals surface area contributed by atoms with Crippen LogP contribution in [0.4, 0.5) is 11.4 Å². The second kappa shape index (κ2) is 6.56. The zero-order valence-electron chi connectivity index (χ0n) is 14.8. The number of rotatable bonds is 4. The molecule has 4 heteroatoms. The molecule has 0 aromatic heterocycles. The van der Waals surface area contributed by atoms with E-state index < -0.39 is 6.04 Å². The predicted molar refractivity (Wildman–Crippen MR) is 105 cm³/mol. The van der Waals surface area contributed by atoms with Crippen LogP contribution in [0.3, 0.4) is 0 Å². The molecular formula is C23H20N2O2. The van der Waals surface area contributed by atoms with Crippen LogP contribution < -0.4 is 10.4 Å². The predicted octanol–water partition coefficient (Wildman–Crippen LogP) is 3.96. The largest absolute Gasteiger partial charge is 0.460 e. The van der Waals surface area contributed by atoms with Gasteiger partial charge in [0, 0.05) is 12.3 Å². The molecule has 134 valence electrons. The first-order valence-corrected chi connectivity index (χ1v) is 9.26. The number of nitrogens with one attached hydrogen (secondary N) is 1. The summed E-state index contributed by atoms with van der Waals surface area (Å²) in [4.78, 5) is 12.7. The number of hydrogen-bond acceptors (Lipinski definition) is 4. The molecule has 1 N–H and O–H groups in total. The van der Waals surface area contributed by atoms with Gasteiger partial charge in [-0.25, -0.2) is 5.43 Å². The van der Waals surface area contributed by atoms with Crippen molar-refractivity contribution in [1.29, 1.82) is 0 Å². The Hall–Kier alpha value is -3.11. The van der Waals surface area contributed by atoms with Crippen LogP contribution in [0.25, 0.3) is 0 Å². The number of para-hydroxylation sites is 2. The van der Waals surface area contributed by atoms with E-state index in [2.05, 4.69) is 17.6 Å². The lowest BCUT2D eigenvalue weighted by atomic mass is 9.94. The highest BCUT2D eigenvalue weighted by molar-refractivity contribution is 5.82. The van der Waals surface area contributed by atoms with Crippen molar-refractivity contribution in [2.24, 2.45) is 0 Å². The van der Waals surface area contributed by atoms with Gasteiger partial charge in [0.25, 0.3) is 0 Å². The maximum atomic E-state index is 12.7. The normalized spacial score (nSPS) is 22.8. The van der Waals surface area contributed by atoms with E-state index in [4.69, 9.17) is 4.74 Å². The molecule has 3 aromatic carbocycles. The van der Waals surface area contributed by atoms with E-state index in [1.165, 1.54) is 11.1 Å². The van der Waals surface area contributed by atoms with Crippen LogP contribution in [0.15, 0.2) is 84.9 Å². The van der Waals surface area contributed by atoms with Gasteiger partial charge >= 0.3 is 5.97 Å². The van der Waals surface area contributed by atoms with Crippen molar-refractivity contribution < 1.29 is 9.53 Å². The van der Waals surface area contributed by atoms with Crippen molar-refractivity contribution in [3.05, 3.63) is 96.1 Å². The minimum atomic E-state index is -0.418. The number of hydrogen-bond donors (Lipinski definition) is 1. The first kappa shape index (κ1) is 16.1. The molecule has 0 unspecified atom stereocenters. The van der Waals surface area contributed by atoms with Gasteiger partial charge in [0.15, 0.2) is 0 Å². The van der Waals surface area contributed by atoms with Crippen LogP contribution in [-0.4, -0.2) is 18.1 Å². The fraction of sp³-hybridized carbons (Fsp3) is 0.174. The summed E-state index contributed by atoms with van der Waals surface area (Å²) < 4.78 is 5.72. The lowest BCUT2D eigenvalue weighted by Gasteiger charge is -2.29. The van der Waals surface area contributed by atoms with Gasteiger partial charge in [0.05, 0.1) is 11.4 Å². The van der Waals surface area contributed by atoms with Crippen LogP contribution in [-0.2, 0) is 16.0 Å². The molecule has 4 nitrogen and oxygen atoms in total. The van der Waals surface area contributed by atoms with Crippen molar-refractivity contribution in [2.75, 3.05) is 5.01 Å². The molecule has 2 aliphatic rings. The van der Waals surface area contributed by atoms with Crippen LogP contribution in [0, 0.1) is 0 Å². The first-order valence-electron chi connectivity index (χ1n) is 9.26. The molecule has 0 radical (unpaired) electrons. The Morgan fingerprint density at radius 1 is 0.815 bits per heavy atom. The molecule has 0 saturated carbocycles. The average molecular weight is 356 g/mol. The summed E-state index contributed by atoms with van der Waals surface area (Å²) in [5, 5.41) is 1.98. The van der Waals surface area contributed by atoms with Crippen molar-refractivity contribution in [1.82, 2.24) is 5.43 Å². The van der Waals surface area contributed by atoms with Crippen molar-refractivity contribution in [2.45, 2.75) is 24.5 Å². The Bertz CT molecular complexity index is 919.